The molecule has 0 unspecified atom stereocenters. The van der Waals surface area contributed by atoms with Gasteiger partial charge in [0, 0.05) is 23.8 Å². The number of phenols is 3. The predicted octanol–water partition coefficient (Wildman–Crippen LogP) is -2.96. The van der Waals surface area contributed by atoms with Gasteiger partial charge in [0.25, 0.3) is 0 Å². The highest BCUT2D eigenvalue weighted by molar-refractivity contribution is 5.89. The molecule has 3 saturated heterocycles. The van der Waals surface area contributed by atoms with Crippen molar-refractivity contribution in [3.05, 3.63) is 70.4 Å². The summed E-state index contributed by atoms with van der Waals surface area (Å²) in [6.07, 6.45) is -25.4. The number of hydrogen-bond acceptors (Lipinski definition) is 25. The Labute approximate surface area is 388 Å². The number of rotatable bonds is 15. The average molecular weight is 979 g/mol. The van der Waals surface area contributed by atoms with Crippen molar-refractivity contribution in [2.75, 3.05) is 34.0 Å². The molecule has 4 aromatic rings. The number of aromatic hydroxyl groups is 3. The van der Waals surface area contributed by atoms with Gasteiger partial charge >= 0.3 is 5.97 Å². The van der Waals surface area contributed by atoms with Crippen molar-refractivity contribution < 1.29 is 118 Å². The summed E-state index contributed by atoms with van der Waals surface area (Å²) in [5, 5.41) is 136. The van der Waals surface area contributed by atoms with Crippen LogP contribution in [0.3, 0.4) is 0 Å². The smallest absolute Gasteiger partial charge is 0.330 e. The minimum atomic E-state index is -2.04. The van der Waals surface area contributed by atoms with Gasteiger partial charge < -0.3 is 113 Å². The van der Waals surface area contributed by atoms with Gasteiger partial charge in [-0.1, -0.05) is 0 Å². The summed E-state index contributed by atoms with van der Waals surface area (Å²) in [7, 11) is 2.63. The van der Waals surface area contributed by atoms with Crippen LogP contribution in [-0.2, 0) is 28.5 Å². The van der Waals surface area contributed by atoms with Gasteiger partial charge in [-0.2, -0.15) is 0 Å². The van der Waals surface area contributed by atoms with Gasteiger partial charge in [-0.3, -0.25) is 4.79 Å². The van der Waals surface area contributed by atoms with Crippen molar-refractivity contribution in [1.82, 2.24) is 0 Å². The van der Waals surface area contributed by atoms with Crippen molar-refractivity contribution in [1.29, 1.82) is 0 Å². The van der Waals surface area contributed by atoms with Gasteiger partial charge in [-0.05, 0) is 48.0 Å². The van der Waals surface area contributed by atoms with Gasteiger partial charge in [0.15, 0.2) is 29.7 Å². The molecule has 15 atom stereocenters. The van der Waals surface area contributed by atoms with E-state index in [1.807, 2.05) is 0 Å². The maximum Gasteiger partial charge on any atom is 0.330 e. The molecule has 3 aromatic carbocycles. The number of esters is 1. The Bertz CT molecular complexity index is 2490. The molecule has 0 spiro atoms. The molecule has 7 rings (SSSR count). The third kappa shape index (κ3) is 10.5. The summed E-state index contributed by atoms with van der Waals surface area (Å²) >= 11 is 0. The van der Waals surface area contributed by atoms with Gasteiger partial charge in [-0.25, -0.2) is 4.79 Å². The molecule has 1 aromatic heterocycles. The van der Waals surface area contributed by atoms with E-state index in [9.17, 15) is 76.0 Å². The number of aliphatic hydroxyl groups excluding tert-OH is 10. The number of carbonyl (C=O) groups excluding carboxylic acids is 1. The fraction of sp³-hybridized carbons (Fsp3) is 0.455. The highest BCUT2D eigenvalue weighted by Crippen LogP contribution is 2.40. The lowest BCUT2D eigenvalue weighted by atomic mass is 9.97. The fourth-order valence-electron chi connectivity index (χ4n) is 7.65. The average Bonchev–Trinajstić information content (AvgIpc) is 3.33. The summed E-state index contributed by atoms with van der Waals surface area (Å²) in [6, 6.07) is 9.76. The van der Waals surface area contributed by atoms with E-state index in [1.54, 1.807) is 0 Å². The molecule has 0 saturated carbocycles. The molecule has 0 amide bonds. The number of hydrogen-bond donors (Lipinski definition) is 13. The third-order valence-corrected chi connectivity index (χ3v) is 11.5. The third-order valence-electron chi connectivity index (χ3n) is 11.5. The second-order valence-corrected chi connectivity index (χ2v) is 15.9. The van der Waals surface area contributed by atoms with Crippen molar-refractivity contribution >= 4 is 23.0 Å². The highest BCUT2D eigenvalue weighted by Gasteiger charge is 2.52. The standard InChI is InChI=1S/C44H50O25/c1-60-22-9-16(10-23(61-2)29(22)50)3-8-27(49)62-15-26-32(53)35(56)37(58)42(67-26)63-19-11-20(48)28-21(12-19)64-39(17-4-6-18(47)7-5-17)40(33(28)54)68-44-41(36(57)31(52)25(14-46)66-44)69-43-38(59)34(55)30(51)24(13-45)65-43/h3-12,24-26,30-32,34-38,41-48,50-53,55-59H,13-15H2,1-2H3/t24-,25+,26-,30-,31+,32-,34-,35+,36-,37+,38+,41+,42-,43+,44-/m0/s1. The van der Waals surface area contributed by atoms with Crippen LogP contribution in [0.25, 0.3) is 28.4 Å². The number of aliphatic hydroxyl groups is 10. The second-order valence-electron chi connectivity index (χ2n) is 15.9. The van der Waals surface area contributed by atoms with E-state index in [2.05, 4.69) is 0 Å². The summed E-state index contributed by atoms with van der Waals surface area (Å²) in [5.74, 6) is -3.70. The zero-order valence-corrected chi connectivity index (χ0v) is 36.3. The van der Waals surface area contributed by atoms with Gasteiger partial charge in [-0.15, -0.1) is 0 Å². The first-order chi connectivity index (χ1) is 32.9. The van der Waals surface area contributed by atoms with Crippen LogP contribution >= 0.6 is 0 Å². The fourth-order valence-corrected chi connectivity index (χ4v) is 7.65. The molecule has 3 fully saturated rings. The zero-order valence-electron chi connectivity index (χ0n) is 36.3. The van der Waals surface area contributed by atoms with Gasteiger partial charge in [0.2, 0.25) is 29.5 Å². The van der Waals surface area contributed by atoms with Crippen LogP contribution < -0.4 is 24.4 Å². The lowest BCUT2D eigenvalue weighted by molar-refractivity contribution is -0.358. The number of ether oxygens (including phenoxy) is 9. The summed E-state index contributed by atoms with van der Waals surface area (Å²) < 4.78 is 55.8. The van der Waals surface area contributed by atoms with E-state index in [0.29, 0.717) is 5.56 Å². The molecule has 13 N–H and O–H groups in total. The summed E-state index contributed by atoms with van der Waals surface area (Å²) in [6.45, 7) is -2.46. The number of carbonyl (C=O) groups is 1. The van der Waals surface area contributed by atoms with Crippen LogP contribution in [0.2, 0.25) is 0 Å². The molecular weight excluding hydrogens is 928 g/mol. The van der Waals surface area contributed by atoms with Crippen LogP contribution in [0.5, 0.6) is 40.2 Å². The second kappa shape index (κ2) is 21.4. The Morgan fingerprint density at radius 2 is 1.23 bits per heavy atom. The maximum absolute atomic E-state index is 14.5. The van der Waals surface area contributed by atoms with E-state index in [-0.39, 0.29) is 34.3 Å². The molecule has 0 radical (unpaired) electrons. The first-order valence-electron chi connectivity index (χ1n) is 20.9. The van der Waals surface area contributed by atoms with Crippen molar-refractivity contribution in [3.8, 4) is 51.6 Å². The molecule has 3 aliphatic heterocycles. The molecule has 376 valence electrons. The van der Waals surface area contributed by atoms with E-state index in [0.717, 1.165) is 18.2 Å². The zero-order chi connectivity index (χ0) is 50.0. The van der Waals surface area contributed by atoms with E-state index < -0.39 is 152 Å². The monoisotopic (exact) mass is 978 g/mol. The van der Waals surface area contributed by atoms with Crippen molar-refractivity contribution in [2.24, 2.45) is 0 Å². The van der Waals surface area contributed by atoms with E-state index >= 15 is 0 Å². The lowest BCUT2D eigenvalue weighted by Crippen LogP contribution is -2.65. The van der Waals surface area contributed by atoms with Gasteiger partial charge in [0.05, 0.1) is 27.4 Å². The van der Waals surface area contributed by atoms with Crippen LogP contribution in [0.4, 0.5) is 0 Å². The van der Waals surface area contributed by atoms with Crippen LogP contribution in [-0.4, -0.2) is 199 Å². The molecule has 0 bridgehead atoms. The van der Waals surface area contributed by atoms with Gasteiger partial charge in [0.1, 0.15) is 102 Å². The quantitative estimate of drug-likeness (QED) is 0.0418. The first-order valence-corrected chi connectivity index (χ1v) is 20.9. The van der Waals surface area contributed by atoms with E-state index in [1.165, 1.54) is 56.7 Å². The molecule has 25 heteroatoms. The SMILES string of the molecule is COc1cc(C=CC(=O)OC[C@@H]2O[C@H](Oc3cc(O)c4c(=O)c(O[C@@H]5O[C@H](CO)[C@@H](O)[C@H](O)[C@H]5O[C@H]5O[C@@H](CO)[C@H](O)[C@H](O)[C@H]5O)c(-c5ccc(O)cc5)oc4c3)[C@H](O)[C@H](O)[C@H]2O)cc(OC)c1O. The molecule has 69 heavy (non-hydrogen) atoms. The Morgan fingerprint density at radius 3 is 1.84 bits per heavy atom. The van der Waals surface area contributed by atoms with Crippen LogP contribution in [0.15, 0.2) is 63.8 Å². The predicted molar refractivity (Wildman–Crippen MR) is 227 cm³/mol. The molecule has 3 aliphatic rings. The Kier molecular flexibility index (Phi) is 15.8. The Balaban J connectivity index is 1.16. The molecule has 25 nitrogen and oxygen atoms in total. The van der Waals surface area contributed by atoms with E-state index in [4.69, 9.17) is 47.0 Å². The molecule has 0 aliphatic carbocycles. The Hall–Kier alpha value is -5.88. The normalized spacial score (nSPS) is 31.6. The molecule has 4 heterocycles. The number of fused-ring (bicyclic) bond motifs is 1. The minimum Gasteiger partial charge on any atom is -0.508 e. The van der Waals surface area contributed by atoms with Crippen molar-refractivity contribution in [3.63, 3.8) is 0 Å². The maximum atomic E-state index is 14.5. The first kappa shape index (κ1) is 51.0. The van der Waals surface area contributed by atoms with Crippen LogP contribution in [0, 0.1) is 0 Å². The number of methoxy groups -OCH3 is 2. The number of benzene rings is 3. The highest BCUT2D eigenvalue weighted by atomic mass is 16.8. The molecular formula is C44H50O25. The minimum absolute atomic E-state index is 0.0343. The summed E-state index contributed by atoms with van der Waals surface area (Å²) in [5.41, 5.74) is -1.14. The lowest BCUT2D eigenvalue weighted by Gasteiger charge is -2.45. The number of phenolic OH excluding ortho intramolecular Hbond substituents is 3. The summed E-state index contributed by atoms with van der Waals surface area (Å²) in [4.78, 5) is 27.1. The Morgan fingerprint density at radius 1 is 0.667 bits per heavy atom. The topological polar surface area (TPSA) is 393 Å². The van der Waals surface area contributed by atoms with Crippen molar-refractivity contribution in [2.45, 2.75) is 92.1 Å². The largest absolute Gasteiger partial charge is 0.508 e. The van der Waals surface area contributed by atoms with Crippen LogP contribution in [0.1, 0.15) is 5.56 Å².